The first-order valence-corrected chi connectivity index (χ1v) is 8.02. The van der Waals surface area contributed by atoms with Crippen molar-refractivity contribution in [2.45, 2.75) is 33.3 Å². The number of carbonyl (C=O) groups excluding carboxylic acids is 1. The Balaban J connectivity index is 2.13. The average Bonchev–Trinajstić information content (AvgIpc) is 2.85. The first-order valence-electron chi connectivity index (χ1n) is 6.35. The summed E-state index contributed by atoms with van der Waals surface area (Å²) in [7, 11) is 0. The van der Waals surface area contributed by atoms with Gasteiger partial charge >= 0.3 is 0 Å². The highest BCUT2D eigenvalue weighted by molar-refractivity contribution is 9.10. The summed E-state index contributed by atoms with van der Waals surface area (Å²) in [6.07, 6.45) is 0. The van der Waals surface area contributed by atoms with Gasteiger partial charge in [-0.05, 0) is 25.1 Å². The van der Waals surface area contributed by atoms with E-state index in [1.54, 1.807) is 17.4 Å². The van der Waals surface area contributed by atoms with Crippen LogP contribution in [-0.4, -0.2) is 10.8 Å². The zero-order valence-electron chi connectivity index (χ0n) is 11.6. The Hall–Kier alpha value is -1.20. The van der Waals surface area contributed by atoms with Gasteiger partial charge in [0.25, 0.3) is 0 Å². The highest BCUT2D eigenvalue weighted by Gasteiger charge is 2.11. The Kier molecular flexibility index (Phi) is 4.94. The molecular formula is C15H16BrNO2S. The van der Waals surface area contributed by atoms with Gasteiger partial charge in [0, 0.05) is 15.8 Å². The molecule has 1 aromatic heterocycles. The number of rotatable bonds is 5. The standard InChI is InChI=1S/C15H16BrNO2S/c1-9(2)15-17-12(8-20-15)7-19-14-6-11(16)4-5-13(14)10(3)18/h4-6,8-9H,7H2,1-3H3. The summed E-state index contributed by atoms with van der Waals surface area (Å²) in [5.41, 5.74) is 1.49. The number of ketones is 1. The number of benzene rings is 1. The van der Waals surface area contributed by atoms with Gasteiger partial charge < -0.3 is 4.74 Å². The lowest BCUT2D eigenvalue weighted by molar-refractivity contribution is 0.101. The van der Waals surface area contributed by atoms with Crippen molar-refractivity contribution >= 4 is 33.0 Å². The lowest BCUT2D eigenvalue weighted by atomic mass is 10.1. The maximum Gasteiger partial charge on any atom is 0.163 e. The highest BCUT2D eigenvalue weighted by atomic mass is 79.9. The van der Waals surface area contributed by atoms with Crippen LogP contribution in [0.3, 0.4) is 0 Å². The molecule has 0 fully saturated rings. The van der Waals surface area contributed by atoms with Gasteiger partial charge in [0.2, 0.25) is 0 Å². The third kappa shape index (κ3) is 3.67. The molecule has 1 heterocycles. The molecular weight excluding hydrogens is 338 g/mol. The van der Waals surface area contributed by atoms with Gasteiger partial charge in [0.05, 0.1) is 16.3 Å². The second-order valence-electron chi connectivity index (χ2n) is 4.82. The van der Waals surface area contributed by atoms with E-state index in [0.29, 0.717) is 23.8 Å². The van der Waals surface area contributed by atoms with Gasteiger partial charge in [0.1, 0.15) is 12.4 Å². The van der Waals surface area contributed by atoms with Gasteiger partial charge in [0.15, 0.2) is 5.78 Å². The van der Waals surface area contributed by atoms with Crippen LogP contribution in [0.4, 0.5) is 0 Å². The van der Waals surface area contributed by atoms with Crippen LogP contribution in [0, 0.1) is 0 Å². The summed E-state index contributed by atoms with van der Waals surface area (Å²) in [6, 6.07) is 5.41. The first-order chi connectivity index (χ1) is 9.47. The minimum absolute atomic E-state index is 0.00588. The molecule has 0 atom stereocenters. The van der Waals surface area contributed by atoms with E-state index >= 15 is 0 Å². The quantitative estimate of drug-likeness (QED) is 0.724. The minimum Gasteiger partial charge on any atom is -0.486 e. The maximum atomic E-state index is 11.6. The number of aromatic nitrogens is 1. The van der Waals surface area contributed by atoms with E-state index in [4.69, 9.17) is 4.74 Å². The topological polar surface area (TPSA) is 39.2 Å². The number of hydrogen-bond acceptors (Lipinski definition) is 4. The molecule has 0 unspecified atom stereocenters. The second-order valence-corrected chi connectivity index (χ2v) is 6.62. The van der Waals surface area contributed by atoms with Crippen LogP contribution < -0.4 is 4.74 Å². The van der Waals surface area contributed by atoms with Gasteiger partial charge in [-0.2, -0.15) is 0 Å². The van der Waals surface area contributed by atoms with Crippen molar-refractivity contribution < 1.29 is 9.53 Å². The predicted molar refractivity (Wildman–Crippen MR) is 84.7 cm³/mol. The molecule has 0 spiro atoms. The van der Waals surface area contributed by atoms with Gasteiger partial charge in [-0.25, -0.2) is 4.98 Å². The molecule has 5 heteroatoms. The van der Waals surface area contributed by atoms with Crippen LogP contribution in [0.15, 0.2) is 28.1 Å². The molecule has 0 radical (unpaired) electrons. The molecule has 0 amide bonds. The van der Waals surface area contributed by atoms with Gasteiger partial charge in [-0.15, -0.1) is 11.3 Å². The molecule has 3 nitrogen and oxygen atoms in total. The summed E-state index contributed by atoms with van der Waals surface area (Å²) in [5, 5.41) is 3.10. The number of carbonyl (C=O) groups is 1. The van der Waals surface area contributed by atoms with Crippen LogP contribution >= 0.6 is 27.3 Å². The van der Waals surface area contributed by atoms with Crippen LogP contribution in [0.5, 0.6) is 5.75 Å². The molecule has 0 aliphatic rings. The van der Waals surface area contributed by atoms with Gasteiger partial charge in [-0.3, -0.25) is 4.79 Å². The molecule has 2 rings (SSSR count). The fourth-order valence-corrected chi connectivity index (χ4v) is 2.87. The first kappa shape index (κ1) is 15.2. The monoisotopic (exact) mass is 353 g/mol. The Morgan fingerprint density at radius 1 is 1.45 bits per heavy atom. The van der Waals surface area contributed by atoms with Crippen molar-refractivity contribution in [3.63, 3.8) is 0 Å². The molecule has 0 bridgehead atoms. The van der Waals surface area contributed by atoms with Crippen molar-refractivity contribution in [2.75, 3.05) is 0 Å². The lowest BCUT2D eigenvalue weighted by Gasteiger charge is -2.09. The average molecular weight is 354 g/mol. The Morgan fingerprint density at radius 3 is 2.80 bits per heavy atom. The van der Waals surface area contributed by atoms with E-state index in [-0.39, 0.29) is 5.78 Å². The number of halogens is 1. The summed E-state index contributed by atoms with van der Waals surface area (Å²) in [5.74, 6) is 1.01. The van der Waals surface area contributed by atoms with Crippen molar-refractivity contribution in [1.82, 2.24) is 4.98 Å². The van der Waals surface area contributed by atoms with Crippen molar-refractivity contribution in [3.8, 4) is 5.75 Å². The van der Waals surface area contributed by atoms with Crippen LogP contribution in [0.2, 0.25) is 0 Å². The van der Waals surface area contributed by atoms with Crippen molar-refractivity contribution in [2.24, 2.45) is 0 Å². The number of Topliss-reactive ketones (excluding diaryl/α,β-unsaturated/α-hetero) is 1. The largest absolute Gasteiger partial charge is 0.486 e. The third-order valence-corrected chi connectivity index (χ3v) is 4.45. The molecule has 106 valence electrons. The van der Waals surface area contributed by atoms with Crippen molar-refractivity contribution in [3.05, 3.63) is 44.3 Å². The molecule has 0 N–H and O–H groups in total. The van der Waals surface area contributed by atoms with E-state index < -0.39 is 0 Å². The fraction of sp³-hybridized carbons (Fsp3) is 0.333. The Bertz CT molecular complexity index is 622. The summed E-state index contributed by atoms with van der Waals surface area (Å²) >= 11 is 5.03. The zero-order valence-corrected chi connectivity index (χ0v) is 14.0. The Labute approximate surface area is 131 Å². The number of thiazole rings is 1. The fourth-order valence-electron chi connectivity index (χ4n) is 1.71. The molecule has 20 heavy (non-hydrogen) atoms. The molecule has 2 aromatic rings. The zero-order chi connectivity index (χ0) is 14.7. The molecule has 1 aromatic carbocycles. The van der Waals surface area contributed by atoms with Crippen molar-refractivity contribution in [1.29, 1.82) is 0 Å². The number of nitrogens with zero attached hydrogens (tertiary/aromatic N) is 1. The minimum atomic E-state index is -0.00588. The van der Waals surface area contributed by atoms with E-state index in [1.807, 2.05) is 17.5 Å². The van der Waals surface area contributed by atoms with E-state index in [2.05, 4.69) is 34.8 Å². The SMILES string of the molecule is CC(=O)c1ccc(Br)cc1OCc1csc(C(C)C)n1. The molecule has 0 aliphatic heterocycles. The summed E-state index contributed by atoms with van der Waals surface area (Å²) in [4.78, 5) is 16.1. The highest BCUT2D eigenvalue weighted by Crippen LogP contribution is 2.26. The number of hydrogen-bond donors (Lipinski definition) is 0. The molecule has 0 saturated carbocycles. The third-order valence-electron chi connectivity index (χ3n) is 2.76. The molecule has 0 aliphatic carbocycles. The van der Waals surface area contributed by atoms with E-state index in [1.165, 1.54) is 6.92 Å². The van der Waals surface area contributed by atoms with E-state index in [0.717, 1.165) is 15.2 Å². The van der Waals surface area contributed by atoms with Crippen LogP contribution in [0.1, 0.15) is 47.7 Å². The molecule has 0 saturated heterocycles. The second kappa shape index (κ2) is 6.50. The Morgan fingerprint density at radius 2 is 2.20 bits per heavy atom. The van der Waals surface area contributed by atoms with E-state index in [9.17, 15) is 4.79 Å². The lowest BCUT2D eigenvalue weighted by Crippen LogP contribution is -2.02. The smallest absolute Gasteiger partial charge is 0.163 e. The maximum absolute atomic E-state index is 11.6. The normalized spacial score (nSPS) is 10.8. The summed E-state index contributed by atoms with van der Waals surface area (Å²) in [6.45, 7) is 6.15. The van der Waals surface area contributed by atoms with Crippen LogP contribution in [-0.2, 0) is 6.61 Å². The number of ether oxygens (including phenoxy) is 1. The predicted octanol–water partition coefficient (Wildman–Crippen LogP) is 4.81. The van der Waals surface area contributed by atoms with Gasteiger partial charge in [-0.1, -0.05) is 29.8 Å². The van der Waals surface area contributed by atoms with Crippen LogP contribution in [0.25, 0.3) is 0 Å². The summed E-state index contributed by atoms with van der Waals surface area (Å²) < 4.78 is 6.64.